The van der Waals surface area contributed by atoms with Crippen molar-refractivity contribution in [3.8, 4) is 0 Å². The van der Waals surface area contributed by atoms with Crippen molar-refractivity contribution < 1.29 is 22.9 Å². The second kappa shape index (κ2) is 13.1. The van der Waals surface area contributed by atoms with Gasteiger partial charge in [0.25, 0.3) is 5.69 Å². The number of carbonyl (C=O) groups is 1. The summed E-state index contributed by atoms with van der Waals surface area (Å²) in [6, 6.07) is 2.67. The minimum Gasteiger partial charge on any atom is -0.380 e. The number of hydrogen-bond acceptors (Lipinski definition) is 6. The second-order valence-corrected chi connectivity index (χ2v) is 12.0. The number of benzene rings is 1. The summed E-state index contributed by atoms with van der Waals surface area (Å²) >= 11 is 0. The van der Waals surface area contributed by atoms with Crippen LogP contribution in [0.3, 0.4) is 0 Å². The highest BCUT2D eigenvalue weighted by Crippen LogP contribution is 2.38. The molecule has 1 amide bonds. The van der Waals surface area contributed by atoms with E-state index in [1.807, 2.05) is 13.0 Å². The number of nitro groups is 1. The first-order valence-electron chi connectivity index (χ1n) is 14.0. The fourth-order valence-electron chi connectivity index (χ4n) is 5.33. The molecule has 1 aromatic carbocycles. The van der Waals surface area contributed by atoms with Gasteiger partial charge in [-0.25, -0.2) is 0 Å². The largest absolute Gasteiger partial charge is 0.423 e. The van der Waals surface area contributed by atoms with Crippen LogP contribution in [0.1, 0.15) is 46.6 Å². The molecule has 0 radical (unpaired) electrons. The smallest absolute Gasteiger partial charge is 0.380 e. The number of rotatable bonds is 9. The third kappa shape index (κ3) is 8.58. The van der Waals surface area contributed by atoms with Gasteiger partial charge in [-0.2, -0.15) is 13.2 Å². The Morgan fingerprint density at radius 3 is 2.37 bits per heavy atom. The monoisotopic (exact) mass is 577 g/mol. The lowest BCUT2D eigenvalue weighted by Crippen LogP contribution is -2.48. The molecule has 1 N–H and O–H groups in total. The normalized spacial score (nSPS) is 20.2. The molecule has 2 fully saturated rings. The van der Waals surface area contributed by atoms with Crippen LogP contribution in [0.4, 0.5) is 24.5 Å². The van der Waals surface area contributed by atoms with Crippen LogP contribution in [0.15, 0.2) is 54.3 Å². The molecule has 3 rings (SSSR count). The average Bonchev–Trinajstić information content (AvgIpc) is 3.35. The first kappa shape index (κ1) is 32.2. The van der Waals surface area contributed by atoms with E-state index >= 15 is 0 Å². The van der Waals surface area contributed by atoms with Crippen LogP contribution < -0.4 is 5.32 Å². The number of likely N-dealkylation sites (tertiary alicyclic amines) is 1. The van der Waals surface area contributed by atoms with Crippen molar-refractivity contribution in [2.75, 3.05) is 51.1 Å². The number of carbonyl (C=O) groups excluding carboxylic acids is 1. The zero-order valence-corrected chi connectivity index (χ0v) is 24.6. The number of halogens is 3. The number of alkyl halides is 3. The molecule has 11 heteroatoms. The number of anilines is 1. The molecule has 226 valence electrons. The van der Waals surface area contributed by atoms with Gasteiger partial charge in [-0.1, -0.05) is 46.4 Å². The summed E-state index contributed by atoms with van der Waals surface area (Å²) in [5.41, 5.74) is 0.288. The highest BCUT2D eigenvalue weighted by atomic mass is 19.4. The molecule has 1 unspecified atom stereocenters. The van der Waals surface area contributed by atoms with Crippen molar-refractivity contribution >= 4 is 17.3 Å². The lowest BCUT2D eigenvalue weighted by atomic mass is 9.86. The second-order valence-electron chi connectivity index (χ2n) is 12.0. The van der Waals surface area contributed by atoms with E-state index in [0.29, 0.717) is 26.1 Å². The van der Waals surface area contributed by atoms with Crippen LogP contribution in [0.5, 0.6) is 0 Å². The maximum Gasteiger partial charge on any atom is 0.423 e. The van der Waals surface area contributed by atoms with Gasteiger partial charge in [-0.15, -0.1) is 0 Å². The third-order valence-corrected chi connectivity index (χ3v) is 7.78. The molecule has 0 saturated carbocycles. The molecular weight excluding hydrogens is 535 g/mol. The zero-order chi connectivity index (χ0) is 30.5. The number of nitrogens with zero attached hydrogens (tertiary/aromatic N) is 4. The number of amides is 1. The van der Waals surface area contributed by atoms with Crippen LogP contribution >= 0.6 is 0 Å². The molecule has 0 bridgehead atoms. The zero-order valence-electron chi connectivity index (χ0n) is 24.6. The van der Waals surface area contributed by atoms with E-state index in [1.165, 1.54) is 17.3 Å². The Kier molecular flexibility index (Phi) is 10.3. The minimum atomic E-state index is -4.84. The van der Waals surface area contributed by atoms with E-state index in [1.54, 1.807) is 4.90 Å². The summed E-state index contributed by atoms with van der Waals surface area (Å²) in [6.07, 6.45) is 1.91. The molecule has 0 spiro atoms. The molecule has 2 atom stereocenters. The summed E-state index contributed by atoms with van der Waals surface area (Å²) < 4.78 is 40.0. The number of nitrogens with one attached hydrogen (secondary N) is 1. The van der Waals surface area contributed by atoms with Crippen molar-refractivity contribution in [1.82, 2.24) is 14.7 Å². The third-order valence-electron chi connectivity index (χ3n) is 7.78. The maximum absolute atomic E-state index is 13.3. The Bertz CT molecular complexity index is 1180. The van der Waals surface area contributed by atoms with Gasteiger partial charge in [-0.3, -0.25) is 19.8 Å². The quantitative estimate of drug-likeness (QED) is 0.222. The Morgan fingerprint density at radius 2 is 1.80 bits per heavy atom. The molecule has 41 heavy (non-hydrogen) atoms. The predicted molar refractivity (Wildman–Crippen MR) is 155 cm³/mol. The van der Waals surface area contributed by atoms with Crippen molar-refractivity contribution in [2.45, 2.75) is 53.3 Å². The molecule has 2 saturated heterocycles. The SMILES string of the molecule is C=C/C(=C\C=C(/C)N1CCN(CC(C)C(=O)N2CC[C@@H](Nc3ccc([N+](=O)[O-])c(C(F)(F)F)c3)C2)CC1)C(C)(C)C. The van der Waals surface area contributed by atoms with Crippen molar-refractivity contribution in [1.29, 1.82) is 0 Å². The highest BCUT2D eigenvalue weighted by molar-refractivity contribution is 5.79. The van der Waals surface area contributed by atoms with Gasteiger partial charge in [0.15, 0.2) is 0 Å². The van der Waals surface area contributed by atoms with Gasteiger partial charge in [-0.05, 0) is 42.5 Å². The Balaban J connectivity index is 1.50. The van der Waals surface area contributed by atoms with Crippen LogP contribution in [0.25, 0.3) is 0 Å². The summed E-state index contributed by atoms with van der Waals surface area (Å²) in [5.74, 6) is -0.185. The fourth-order valence-corrected chi connectivity index (χ4v) is 5.33. The van der Waals surface area contributed by atoms with E-state index in [9.17, 15) is 28.1 Å². The van der Waals surface area contributed by atoms with Crippen LogP contribution in [-0.4, -0.2) is 77.4 Å². The molecule has 0 aromatic heterocycles. The van der Waals surface area contributed by atoms with E-state index in [0.717, 1.165) is 38.3 Å². The Hall–Kier alpha value is -3.34. The summed E-state index contributed by atoms with van der Waals surface area (Å²) in [7, 11) is 0. The summed E-state index contributed by atoms with van der Waals surface area (Å²) in [5, 5.41) is 14.0. The first-order valence-corrected chi connectivity index (χ1v) is 14.0. The Morgan fingerprint density at radius 1 is 1.15 bits per heavy atom. The van der Waals surface area contributed by atoms with Crippen molar-refractivity contribution in [2.24, 2.45) is 11.3 Å². The molecule has 2 heterocycles. The fraction of sp³-hybridized carbons (Fsp3) is 0.567. The predicted octanol–water partition coefficient (Wildman–Crippen LogP) is 5.94. The maximum atomic E-state index is 13.3. The van der Waals surface area contributed by atoms with E-state index in [2.05, 4.69) is 61.5 Å². The van der Waals surface area contributed by atoms with Crippen LogP contribution in [-0.2, 0) is 11.0 Å². The number of piperazine rings is 1. The highest BCUT2D eigenvalue weighted by Gasteiger charge is 2.39. The lowest BCUT2D eigenvalue weighted by molar-refractivity contribution is -0.388. The van der Waals surface area contributed by atoms with Crippen molar-refractivity contribution in [3.63, 3.8) is 0 Å². The Labute approximate surface area is 240 Å². The standard InChI is InChI=1S/C30H42F3N5O3/c1-7-23(29(4,5)6)9-8-22(3)36-16-14-35(15-17-36)19-21(2)28(39)37-13-12-25(20-37)34-24-10-11-27(38(40)41)26(18-24)30(31,32)33/h7-11,18,21,25,34H,1,12-17,19-20H2,2-6H3/b22-8+,23-9+/t21?,25-/m1/s1. The summed E-state index contributed by atoms with van der Waals surface area (Å²) in [4.78, 5) is 29.5. The molecule has 8 nitrogen and oxygen atoms in total. The van der Waals surface area contributed by atoms with Crippen LogP contribution in [0.2, 0.25) is 0 Å². The summed E-state index contributed by atoms with van der Waals surface area (Å²) in [6.45, 7) is 19.4. The van der Waals surface area contributed by atoms with Gasteiger partial charge in [0.2, 0.25) is 5.91 Å². The van der Waals surface area contributed by atoms with E-state index in [4.69, 9.17) is 0 Å². The average molecular weight is 578 g/mol. The van der Waals surface area contributed by atoms with E-state index in [-0.39, 0.29) is 29.0 Å². The number of nitro benzene ring substituents is 1. The topological polar surface area (TPSA) is 82.0 Å². The van der Waals surface area contributed by atoms with Gasteiger partial charge in [0.1, 0.15) is 5.56 Å². The molecule has 2 aliphatic heterocycles. The van der Waals surface area contributed by atoms with E-state index < -0.39 is 22.4 Å². The first-order chi connectivity index (χ1) is 19.1. The lowest BCUT2D eigenvalue weighted by Gasteiger charge is -2.37. The number of hydrogen-bond donors (Lipinski definition) is 1. The minimum absolute atomic E-state index is 0.0248. The van der Waals surface area contributed by atoms with Crippen molar-refractivity contribution in [3.05, 3.63) is 70.0 Å². The molecular formula is C30H42F3N5O3. The molecule has 2 aliphatic rings. The van der Waals surface area contributed by atoms with Gasteiger partial charge in [0, 0.05) is 75.2 Å². The molecule has 0 aliphatic carbocycles. The molecule has 1 aromatic rings. The van der Waals surface area contributed by atoms with Gasteiger partial charge < -0.3 is 15.1 Å². The van der Waals surface area contributed by atoms with Gasteiger partial charge in [0.05, 0.1) is 4.92 Å². The number of allylic oxidation sites excluding steroid dienone is 5. The van der Waals surface area contributed by atoms with Gasteiger partial charge >= 0.3 is 6.18 Å². The van der Waals surface area contributed by atoms with Crippen LogP contribution in [0, 0.1) is 21.4 Å².